The molecule has 0 amide bonds. The van der Waals surface area contributed by atoms with Gasteiger partial charge in [-0.05, 0) is 45.7 Å². The van der Waals surface area contributed by atoms with Crippen LogP contribution in [-0.2, 0) is 0 Å². The summed E-state index contributed by atoms with van der Waals surface area (Å²) in [5.74, 6) is 0.861. The maximum Gasteiger partial charge on any atom is 0.136 e. The fourth-order valence-electron chi connectivity index (χ4n) is 6.01. The molecule has 0 radical (unpaired) electrons. The lowest BCUT2D eigenvalue weighted by Crippen LogP contribution is -2.45. The molecule has 0 spiro atoms. The van der Waals surface area contributed by atoms with E-state index in [1.54, 1.807) is 0 Å². The Morgan fingerprint density at radius 3 is 2.15 bits per heavy atom. The Balaban J connectivity index is 1.36. The number of amidine groups is 1. The second kappa shape index (κ2) is 9.77. The molecule has 1 aromatic heterocycles. The number of fused-ring (bicyclic) bond motifs is 4. The first-order chi connectivity index (χ1) is 20.3. The van der Waals surface area contributed by atoms with Crippen molar-refractivity contribution >= 4 is 38.5 Å². The van der Waals surface area contributed by atoms with Gasteiger partial charge < -0.3 is 9.73 Å². The lowest BCUT2D eigenvalue weighted by atomic mass is 9.93. The highest BCUT2D eigenvalue weighted by Crippen LogP contribution is 2.40. The minimum Gasteiger partial charge on any atom is -0.456 e. The lowest BCUT2D eigenvalue weighted by molar-refractivity contribution is 0.411. The second-order valence-electron chi connectivity index (χ2n) is 10.5. The zero-order chi connectivity index (χ0) is 27.2. The molecule has 0 saturated carbocycles. The second-order valence-corrected chi connectivity index (χ2v) is 10.5. The van der Waals surface area contributed by atoms with E-state index >= 15 is 0 Å². The molecular weight excluding hydrogens is 502 g/mol. The van der Waals surface area contributed by atoms with Crippen molar-refractivity contribution in [1.82, 2.24) is 10.6 Å². The maximum absolute atomic E-state index is 6.50. The Hall–Kier alpha value is -5.19. The molecule has 2 N–H and O–H groups in total. The standard InChI is InChI=1S/C37H27N3O/c1-3-13-25(14-4-1)35-38-36(26-15-5-2-6-16-26)40-37(39-35)31-22-27(29-20-11-17-24-12-7-8-18-28(24)29)23-33-34(31)30-19-9-10-21-32(30)41-33/h1-23,35,37,39H,(H,38,40). The zero-order valence-electron chi connectivity index (χ0n) is 22.3. The van der Waals surface area contributed by atoms with Gasteiger partial charge in [-0.2, -0.15) is 0 Å². The van der Waals surface area contributed by atoms with Gasteiger partial charge in [0, 0.05) is 21.9 Å². The molecule has 8 rings (SSSR count). The van der Waals surface area contributed by atoms with Crippen molar-refractivity contribution in [3.05, 3.63) is 156 Å². The van der Waals surface area contributed by atoms with E-state index in [9.17, 15) is 0 Å². The van der Waals surface area contributed by atoms with Crippen molar-refractivity contribution in [2.45, 2.75) is 12.3 Å². The van der Waals surface area contributed by atoms with E-state index in [-0.39, 0.29) is 12.3 Å². The summed E-state index contributed by atoms with van der Waals surface area (Å²) in [5.41, 5.74) is 7.34. The molecule has 4 heteroatoms. The van der Waals surface area contributed by atoms with Gasteiger partial charge in [0.05, 0.1) is 0 Å². The predicted octanol–water partition coefficient (Wildman–Crippen LogP) is 8.74. The van der Waals surface area contributed by atoms with E-state index in [2.05, 4.69) is 126 Å². The third-order valence-corrected chi connectivity index (χ3v) is 7.95. The number of benzene rings is 6. The van der Waals surface area contributed by atoms with Gasteiger partial charge in [-0.1, -0.05) is 121 Å². The summed E-state index contributed by atoms with van der Waals surface area (Å²) < 4.78 is 6.50. The number of aliphatic imine (C=N–C) groups is 1. The monoisotopic (exact) mass is 529 g/mol. The van der Waals surface area contributed by atoms with Crippen molar-refractivity contribution in [3.63, 3.8) is 0 Å². The molecule has 2 atom stereocenters. The molecule has 0 saturated heterocycles. The fourth-order valence-corrected chi connectivity index (χ4v) is 6.01. The van der Waals surface area contributed by atoms with Gasteiger partial charge in [-0.3, -0.25) is 5.32 Å². The van der Waals surface area contributed by atoms with Crippen LogP contribution in [0.3, 0.4) is 0 Å². The molecule has 196 valence electrons. The van der Waals surface area contributed by atoms with Crippen LogP contribution in [0.2, 0.25) is 0 Å². The predicted molar refractivity (Wildman–Crippen MR) is 168 cm³/mol. The van der Waals surface area contributed by atoms with Crippen molar-refractivity contribution < 1.29 is 4.42 Å². The lowest BCUT2D eigenvalue weighted by Gasteiger charge is -2.32. The largest absolute Gasteiger partial charge is 0.456 e. The zero-order valence-corrected chi connectivity index (χ0v) is 22.3. The first-order valence-electron chi connectivity index (χ1n) is 14.0. The summed E-state index contributed by atoms with van der Waals surface area (Å²) in [6.07, 6.45) is -0.432. The van der Waals surface area contributed by atoms with Crippen molar-refractivity contribution in [2.24, 2.45) is 4.99 Å². The molecule has 7 aromatic rings. The first-order valence-corrected chi connectivity index (χ1v) is 14.0. The first kappa shape index (κ1) is 23.7. The highest BCUT2D eigenvalue weighted by atomic mass is 16.3. The van der Waals surface area contributed by atoms with Gasteiger partial charge in [-0.15, -0.1) is 0 Å². The van der Waals surface area contributed by atoms with Gasteiger partial charge in [0.25, 0.3) is 0 Å². The number of furan rings is 1. The molecular formula is C37H27N3O. The minimum absolute atomic E-state index is 0.216. The highest BCUT2D eigenvalue weighted by molar-refractivity contribution is 6.09. The molecule has 0 bridgehead atoms. The molecule has 0 aliphatic carbocycles. The van der Waals surface area contributed by atoms with Crippen LogP contribution in [0.1, 0.15) is 29.0 Å². The van der Waals surface area contributed by atoms with E-state index in [4.69, 9.17) is 9.41 Å². The third-order valence-electron chi connectivity index (χ3n) is 7.95. The highest BCUT2D eigenvalue weighted by Gasteiger charge is 2.28. The van der Waals surface area contributed by atoms with Gasteiger partial charge in [0.2, 0.25) is 0 Å². The summed E-state index contributed by atoms with van der Waals surface area (Å²) in [6.45, 7) is 0. The number of para-hydroxylation sites is 1. The Labute approximate surface area is 238 Å². The summed E-state index contributed by atoms with van der Waals surface area (Å²) >= 11 is 0. The molecule has 2 heterocycles. The van der Waals surface area contributed by atoms with E-state index in [1.807, 2.05) is 24.3 Å². The minimum atomic E-state index is -0.216. The van der Waals surface area contributed by atoms with Crippen molar-refractivity contribution in [2.75, 3.05) is 0 Å². The average molecular weight is 530 g/mol. The molecule has 6 aromatic carbocycles. The Morgan fingerprint density at radius 1 is 0.585 bits per heavy atom. The van der Waals surface area contributed by atoms with Crippen LogP contribution in [0, 0.1) is 0 Å². The van der Waals surface area contributed by atoms with Gasteiger partial charge in [-0.25, -0.2) is 4.99 Å². The number of rotatable bonds is 4. The molecule has 41 heavy (non-hydrogen) atoms. The van der Waals surface area contributed by atoms with Crippen LogP contribution in [0.15, 0.2) is 149 Å². The molecule has 1 aliphatic heterocycles. The smallest absolute Gasteiger partial charge is 0.136 e. The fraction of sp³-hybridized carbons (Fsp3) is 0.0541. The topological polar surface area (TPSA) is 49.6 Å². The Morgan fingerprint density at radius 2 is 1.29 bits per heavy atom. The van der Waals surface area contributed by atoms with Crippen molar-refractivity contribution in [3.8, 4) is 11.1 Å². The summed E-state index contributed by atoms with van der Waals surface area (Å²) in [5, 5.41) is 12.2. The van der Waals surface area contributed by atoms with Gasteiger partial charge >= 0.3 is 0 Å². The van der Waals surface area contributed by atoms with Crippen LogP contribution in [-0.4, -0.2) is 5.84 Å². The van der Waals surface area contributed by atoms with E-state index in [0.29, 0.717) is 0 Å². The van der Waals surface area contributed by atoms with Crippen LogP contribution >= 0.6 is 0 Å². The van der Waals surface area contributed by atoms with Crippen LogP contribution < -0.4 is 10.6 Å². The Bertz CT molecular complexity index is 2060. The maximum atomic E-state index is 6.50. The molecule has 4 nitrogen and oxygen atoms in total. The summed E-state index contributed by atoms with van der Waals surface area (Å²) in [4.78, 5) is 5.12. The SMILES string of the molecule is c1ccc(C2=NC(c3ccccc3)NC(c3cc(-c4cccc5ccccc45)cc4oc5ccccc5c34)N2)cc1. The quantitative estimate of drug-likeness (QED) is 0.240. The number of nitrogens with one attached hydrogen (secondary N) is 2. The van der Waals surface area contributed by atoms with E-state index in [1.165, 1.54) is 16.3 Å². The third kappa shape index (κ3) is 4.17. The normalized spacial score (nSPS) is 17.0. The van der Waals surface area contributed by atoms with Crippen LogP contribution in [0.4, 0.5) is 0 Å². The van der Waals surface area contributed by atoms with Gasteiger partial charge in [0.1, 0.15) is 29.3 Å². The van der Waals surface area contributed by atoms with Gasteiger partial charge in [0.15, 0.2) is 0 Å². The van der Waals surface area contributed by atoms with E-state index in [0.717, 1.165) is 50.0 Å². The molecule has 2 unspecified atom stereocenters. The van der Waals surface area contributed by atoms with Crippen LogP contribution in [0.25, 0.3) is 43.8 Å². The van der Waals surface area contributed by atoms with Crippen molar-refractivity contribution in [1.29, 1.82) is 0 Å². The molecule has 0 fully saturated rings. The number of hydrogen-bond donors (Lipinski definition) is 2. The molecule has 1 aliphatic rings. The van der Waals surface area contributed by atoms with E-state index < -0.39 is 0 Å². The van der Waals surface area contributed by atoms with Crippen LogP contribution in [0.5, 0.6) is 0 Å². The average Bonchev–Trinajstić information content (AvgIpc) is 3.43. The number of hydrogen-bond acceptors (Lipinski definition) is 4. The summed E-state index contributed by atoms with van der Waals surface area (Å²) in [7, 11) is 0. The Kier molecular flexibility index (Phi) is 5.64. The number of nitrogens with zero attached hydrogens (tertiary/aromatic N) is 1. The summed E-state index contributed by atoms with van der Waals surface area (Å²) in [6, 6.07) is 48.6.